The molecule has 0 heterocycles. The summed E-state index contributed by atoms with van der Waals surface area (Å²) in [4.78, 5) is 24.7. The average Bonchev–Trinajstić information content (AvgIpc) is 3.47. The van der Waals surface area contributed by atoms with Crippen LogP contribution >= 0.6 is 0 Å². The van der Waals surface area contributed by atoms with E-state index in [-0.39, 0.29) is 18.5 Å². The fourth-order valence-corrected chi connectivity index (χ4v) is 12.4. The zero-order chi connectivity index (χ0) is 58.5. The summed E-state index contributed by atoms with van der Waals surface area (Å²) in [5.41, 5.74) is 0. The van der Waals surface area contributed by atoms with Crippen LogP contribution in [0.15, 0.2) is 0 Å². The molecule has 2 unspecified atom stereocenters. The Bertz CT molecular complexity index is 1180. The van der Waals surface area contributed by atoms with Crippen LogP contribution in [0.4, 0.5) is 0 Å². The fraction of sp³-hybridized carbons (Fsp3) is 0.973. The molecule has 81 heavy (non-hydrogen) atoms. The van der Waals surface area contributed by atoms with E-state index in [1.54, 1.807) is 0 Å². The van der Waals surface area contributed by atoms with Gasteiger partial charge in [0.15, 0.2) is 0 Å². The van der Waals surface area contributed by atoms with Crippen molar-refractivity contribution < 1.29 is 24.5 Å². The molecule has 2 atom stereocenters. The number of hydrogen-bond donors (Lipinski definition) is 3. The number of ether oxygens (including phenoxy) is 1. The Morgan fingerprint density at radius 2 is 0.506 bits per heavy atom. The molecule has 0 aromatic heterocycles. The van der Waals surface area contributed by atoms with Gasteiger partial charge in [-0.15, -0.1) is 0 Å². The molecule has 0 aromatic rings. The smallest absolute Gasteiger partial charge is 0.305 e. The maximum Gasteiger partial charge on any atom is 0.305 e. The Hall–Kier alpha value is -1.14. The lowest BCUT2D eigenvalue weighted by atomic mass is 10.0. The van der Waals surface area contributed by atoms with E-state index in [0.29, 0.717) is 25.9 Å². The number of unbranched alkanes of at least 4 members (excludes halogenated alkanes) is 61. The predicted octanol–water partition coefficient (Wildman–Crippen LogP) is 24.5. The molecule has 0 aliphatic carbocycles. The van der Waals surface area contributed by atoms with Crippen molar-refractivity contribution in [3.63, 3.8) is 0 Å². The van der Waals surface area contributed by atoms with Crippen LogP contribution in [0.25, 0.3) is 0 Å². The van der Waals surface area contributed by atoms with Crippen molar-refractivity contribution in [3.8, 4) is 0 Å². The van der Waals surface area contributed by atoms with Gasteiger partial charge in [0.2, 0.25) is 5.91 Å². The van der Waals surface area contributed by atoms with Crippen LogP contribution in [-0.2, 0) is 14.3 Å². The molecule has 484 valence electrons. The lowest BCUT2D eigenvalue weighted by molar-refractivity contribution is -0.143. The normalized spacial score (nSPS) is 12.4. The highest BCUT2D eigenvalue weighted by Gasteiger charge is 2.20. The summed E-state index contributed by atoms with van der Waals surface area (Å²) >= 11 is 0. The Labute approximate surface area is 508 Å². The van der Waals surface area contributed by atoms with E-state index >= 15 is 0 Å². The fourth-order valence-electron chi connectivity index (χ4n) is 12.4. The number of nitrogens with one attached hydrogen (secondary N) is 1. The maximum absolute atomic E-state index is 12.6. The molecular formula is C75H149NO5. The third kappa shape index (κ3) is 67.9. The molecule has 0 aliphatic heterocycles. The van der Waals surface area contributed by atoms with Gasteiger partial charge in [0.05, 0.1) is 25.4 Å². The highest BCUT2D eigenvalue weighted by atomic mass is 16.5. The topological polar surface area (TPSA) is 95.9 Å². The van der Waals surface area contributed by atoms with Crippen molar-refractivity contribution in [1.82, 2.24) is 5.32 Å². The molecule has 0 rings (SSSR count). The van der Waals surface area contributed by atoms with Crippen LogP contribution in [-0.4, -0.2) is 47.4 Å². The molecular weight excluding hydrogens is 995 g/mol. The van der Waals surface area contributed by atoms with Gasteiger partial charge in [-0.05, 0) is 25.7 Å². The summed E-state index contributed by atoms with van der Waals surface area (Å²) in [5, 5.41) is 23.5. The van der Waals surface area contributed by atoms with E-state index in [2.05, 4.69) is 19.2 Å². The van der Waals surface area contributed by atoms with Gasteiger partial charge in [-0.1, -0.05) is 406 Å². The first kappa shape index (κ1) is 79.9. The first-order valence-corrected chi connectivity index (χ1v) is 37.8. The second-order valence-corrected chi connectivity index (χ2v) is 26.4. The van der Waals surface area contributed by atoms with Crippen molar-refractivity contribution in [3.05, 3.63) is 0 Å². The SMILES string of the molecule is CCCCCCCCCCCCCCCCCCCCCCCCCCC(O)C(CO)NC(=O)CCCCCCCCCCCCCCCCCCCCCCCCCOC(=O)CCCCCCCCCCCCCCCCCCC. The summed E-state index contributed by atoms with van der Waals surface area (Å²) in [6.07, 6.45) is 87.4. The highest BCUT2D eigenvalue weighted by molar-refractivity contribution is 5.76. The van der Waals surface area contributed by atoms with Crippen LogP contribution in [0.2, 0.25) is 0 Å². The quantitative estimate of drug-likeness (QED) is 0.0417. The number of amides is 1. The molecule has 6 heteroatoms. The Balaban J connectivity index is 3.35. The van der Waals surface area contributed by atoms with Gasteiger partial charge in [0.25, 0.3) is 0 Å². The minimum atomic E-state index is -0.664. The highest BCUT2D eigenvalue weighted by Crippen LogP contribution is 2.20. The molecule has 0 saturated carbocycles. The third-order valence-electron chi connectivity index (χ3n) is 18.2. The molecule has 3 N–H and O–H groups in total. The summed E-state index contributed by atoms with van der Waals surface area (Å²) in [6, 6.07) is -0.541. The standard InChI is InChI=1S/C75H149NO5/c1-3-5-7-9-11-13-15-17-19-21-22-23-24-26-29-32-36-39-43-47-51-55-59-63-67-73(78)72(71-77)76-74(79)68-64-60-56-52-48-44-40-37-33-30-27-25-28-31-34-38-42-46-50-54-58-62-66-70-81-75(80)69-65-61-57-53-49-45-41-35-20-18-16-14-12-10-8-6-4-2/h72-73,77-78H,3-71H2,1-2H3,(H,76,79). The number of aliphatic hydroxyl groups excluding tert-OH is 2. The molecule has 0 aliphatic rings. The van der Waals surface area contributed by atoms with Gasteiger partial charge in [0, 0.05) is 12.8 Å². The Kier molecular flexibility index (Phi) is 70.3. The molecule has 0 aromatic carbocycles. The Morgan fingerprint density at radius 1 is 0.296 bits per heavy atom. The van der Waals surface area contributed by atoms with Crippen LogP contribution in [0, 0.1) is 0 Å². The molecule has 0 bridgehead atoms. The number of esters is 1. The predicted molar refractivity (Wildman–Crippen MR) is 357 cm³/mol. The summed E-state index contributed by atoms with van der Waals surface area (Å²) < 4.78 is 5.51. The summed E-state index contributed by atoms with van der Waals surface area (Å²) in [7, 11) is 0. The first-order chi connectivity index (χ1) is 40.0. The van der Waals surface area contributed by atoms with E-state index in [1.807, 2.05) is 0 Å². The zero-order valence-corrected chi connectivity index (χ0v) is 55.6. The molecule has 0 radical (unpaired) electrons. The lowest BCUT2D eigenvalue weighted by Gasteiger charge is -2.22. The van der Waals surface area contributed by atoms with Gasteiger partial charge in [-0.3, -0.25) is 9.59 Å². The van der Waals surface area contributed by atoms with Crippen molar-refractivity contribution in [2.75, 3.05) is 13.2 Å². The van der Waals surface area contributed by atoms with Crippen molar-refractivity contribution in [1.29, 1.82) is 0 Å². The van der Waals surface area contributed by atoms with E-state index in [0.717, 1.165) is 38.5 Å². The van der Waals surface area contributed by atoms with E-state index in [4.69, 9.17) is 4.74 Å². The molecule has 0 spiro atoms. The number of carbonyl (C=O) groups is 2. The maximum atomic E-state index is 12.6. The van der Waals surface area contributed by atoms with E-state index < -0.39 is 12.1 Å². The van der Waals surface area contributed by atoms with Crippen molar-refractivity contribution >= 4 is 11.9 Å². The monoisotopic (exact) mass is 1140 g/mol. The van der Waals surface area contributed by atoms with Crippen molar-refractivity contribution in [2.24, 2.45) is 0 Å². The van der Waals surface area contributed by atoms with Gasteiger partial charge < -0.3 is 20.3 Å². The van der Waals surface area contributed by atoms with Gasteiger partial charge in [-0.2, -0.15) is 0 Å². The molecule has 1 amide bonds. The third-order valence-corrected chi connectivity index (χ3v) is 18.2. The van der Waals surface area contributed by atoms with Gasteiger partial charge >= 0.3 is 5.97 Å². The van der Waals surface area contributed by atoms with Gasteiger partial charge in [-0.25, -0.2) is 0 Å². The first-order valence-electron chi connectivity index (χ1n) is 37.8. The number of hydrogen-bond acceptors (Lipinski definition) is 5. The van der Waals surface area contributed by atoms with E-state index in [9.17, 15) is 19.8 Å². The lowest BCUT2D eigenvalue weighted by Crippen LogP contribution is -2.45. The second kappa shape index (κ2) is 71.3. The average molecular weight is 1150 g/mol. The summed E-state index contributed by atoms with van der Waals surface area (Å²) in [6.45, 7) is 5.01. The number of rotatable bonds is 72. The van der Waals surface area contributed by atoms with Crippen LogP contribution in [0.1, 0.15) is 444 Å². The van der Waals surface area contributed by atoms with Gasteiger partial charge in [0.1, 0.15) is 0 Å². The van der Waals surface area contributed by atoms with Crippen molar-refractivity contribution in [2.45, 2.75) is 456 Å². The molecule has 0 fully saturated rings. The van der Waals surface area contributed by atoms with E-state index in [1.165, 1.54) is 372 Å². The second-order valence-electron chi connectivity index (χ2n) is 26.4. The van der Waals surface area contributed by atoms with Crippen LogP contribution < -0.4 is 5.32 Å². The number of aliphatic hydroxyl groups is 2. The molecule has 0 saturated heterocycles. The van der Waals surface area contributed by atoms with Crippen LogP contribution in [0.5, 0.6) is 0 Å². The Morgan fingerprint density at radius 3 is 0.753 bits per heavy atom. The molecule has 6 nitrogen and oxygen atoms in total. The largest absolute Gasteiger partial charge is 0.466 e. The summed E-state index contributed by atoms with van der Waals surface area (Å²) in [5.74, 6) is -0.00785. The minimum Gasteiger partial charge on any atom is -0.466 e. The zero-order valence-electron chi connectivity index (χ0n) is 55.6. The number of carbonyl (C=O) groups excluding carboxylic acids is 2. The minimum absolute atomic E-state index is 0.0202. The van der Waals surface area contributed by atoms with Crippen LogP contribution in [0.3, 0.4) is 0 Å².